The third kappa shape index (κ3) is 3.78. The van der Waals surface area contributed by atoms with Gasteiger partial charge in [0.05, 0.1) is 5.56 Å². The van der Waals surface area contributed by atoms with Crippen molar-refractivity contribution in [3.8, 4) is 0 Å². The average Bonchev–Trinajstić information content (AvgIpc) is 3.50. The number of fused-ring (bicyclic) bond motifs is 2. The number of anilines is 1. The zero-order valence-corrected chi connectivity index (χ0v) is 27.1. The summed E-state index contributed by atoms with van der Waals surface area (Å²) in [6.45, 7) is 21.9. The molecule has 9 atom stereocenters. The minimum Gasteiger partial charge on any atom is -0.478 e. The average molecular weight is 560 g/mol. The van der Waals surface area contributed by atoms with Gasteiger partial charge in [-0.15, -0.1) is 0 Å². The van der Waals surface area contributed by atoms with Gasteiger partial charge in [0.1, 0.15) is 0 Å². The second-order valence-electron chi connectivity index (χ2n) is 17.1. The Kier molecular flexibility index (Phi) is 6.69. The van der Waals surface area contributed by atoms with Crippen LogP contribution in [0.5, 0.6) is 0 Å². The Bertz CT molecular complexity index is 1250. The van der Waals surface area contributed by atoms with Gasteiger partial charge in [-0.3, -0.25) is 0 Å². The highest BCUT2D eigenvalue weighted by Crippen LogP contribution is 2.91. The predicted molar refractivity (Wildman–Crippen MR) is 170 cm³/mol. The lowest BCUT2D eigenvalue weighted by Crippen LogP contribution is -2.57. The van der Waals surface area contributed by atoms with E-state index >= 15 is 0 Å². The summed E-state index contributed by atoms with van der Waals surface area (Å²) in [4.78, 5) is 12.5. The maximum atomic E-state index is 12.5. The van der Waals surface area contributed by atoms with E-state index in [1.807, 2.05) is 18.2 Å². The number of nitrogens with two attached hydrogens (primary N) is 1. The van der Waals surface area contributed by atoms with Gasteiger partial charge in [-0.2, -0.15) is 0 Å². The van der Waals surface area contributed by atoms with Crippen molar-refractivity contribution in [3.63, 3.8) is 0 Å². The maximum Gasteiger partial charge on any atom is 0.336 e. The van der Waals surface area contributed by atoms with Gasteiger partial charge in [-0.1, -0.05) is 66.7 Å². The van der Waals surface area contributed by atoms with Gasteiger partial charge in [0, 0.05) is 5.69 Å². The van der Waals surface area contributed by atoms with E-state index in [0.29, 0.717) is 44.7 Å². The van der Waals surface area contributed by atoms with Crippen molar-refractivity contribution in [3.05, 3.63) is 41.5 Å². The second-order valence-corrected chi connectivity index (χ2v) is 17.1. The summed E-state index contributed by atoms with van der Waals surface area (Å²) in [6, 6.07) is 5.60. The highest BCUT2D eigenvalue weighted by atomic mass is 16.4. The Morgan fingerprint density at radius 2 is 1.68 bits per heavy atom. The molecule has 1 unspecified atom stereocenters. The lowest BCUT2D eigenvalue weighted by atomic mass is 9.40. The number of aromatic carboxylic acids is 1. The van der Waals surface area contributed by atoms with Crippen LogP contribution in [0.4, 0.5) is 5.69 Å². The van der Waals surface area contributed by atoms with Crippen molar-refractivity contribution in [1.82, 2.24) is 0 Å². The van der Waals surface area contributed by atoms with Crippen LogP contribution in [-0.4, -0.2) is 11.1 Å². The first-order valence-electron chi connectivity index (χ1n) is 17.0. The van der Waals surface area contributed by atoms with Gasteiger partial charge < -0.3 is 10.8 Å². The molecule has 5 saturated carbocycles. The molecule has 1 aromatic rings. The minimum absolute atomic E-state index is 0.195. The minimum atomic E-state index is -0.817. The van der Waals surface area contributed by atoms with E-state index in [-0.39, 0.29) is 11.3 Å². The highest BCUT2D eigenvalue weighted by Gasteiger charge is 2.83. The molecule has 0 aromatic heterocycles. The molecule has 1 aromatic carbocycles. The molecule has 5 aliphatic carbocycles. The van der Waals surface area contributed by atoms with Crippen LogP contribution < -0.4 is 5.73 Å². The van der Waals surface area contributed by atoms with E-state index in [9.17, 15) is 9.90 Å². The number of benzene rings is 1. The third-order valence-corrected chi connectivity index (χ3v) is 15.2. The number of nitrogen functional groups attached to an aromatic ring is 1. The molecule has 0 saturated heterocycles. The van der Waals surface area contributed by atoms with Gasteiger partial charge in [0.2, 0.25) is 0 Å². The summed E-state index contributed by atoms with van der Waals surface area (Å²) in [5.74, 6) is 2.94. The van der Waals surface area contributed by atoms with E-state index in [4.69, 9.17) is 5.73 Å². The Morgan fingerprint density at radius 1 is 0.976 bits per heavy atom. The van der Waals surface area contributed by atoms with Crippen LogP contribution in [0.3, 0.4) is 0 Å². The van der Waals surface area contributed by atoms with Gasteiger partial charge in [-0.05, 0) is 151 Å². The monoisotopic (exact) mass is 559 g/mol. The number of carboxylic acids is 1. The fourth-order valence-electron chi connectivity index (χ4n) is 12.8. The molecule has 0 aliphatic heterocycles. The summed E-state index contributed by atoms with van der Waals surface area (Å²) >= 11 is 0. The molecule has 41 heavy (non-hydrogen) atoms. The molecule has 3 N–H and O–H groups in total. The smallest absolute Gasteiger partial charge is 0.336 e. The summed E-state index contributed by atoms with van der Waals surface area (Å²) in [5.41, 5.74) is 11.8. The largest absolute Gasteiger partial charge is 0.478 e. The number of allylic oxidation sites excluding steroid dienone is 1. The molecule has 3 nitrogen and oxygen atoms in total. The molecular formula is C38H57NO2. The molecule has 2 spiro atoms. The lowest BCUT2D eigenvalue weighted by Gasteiger charge is -2.64. The van der Waals surface area contributed by atoms with Gasteiger partial charge in [0.25, 0.3) is 0 Å². The maximum absolute atomic E-state index is 12.5. The molecule has 5 aliphatic rings. The summed E-state index contributed by atoms with van der Waals surface area (Å²) < 4.78 is 0. The zero-order valence-electron chi connectivity index (χ0n) is 27.1. The summed E-state index contributed by atoms with van der Waals surface area (Å²) in [7, 11) is 0. The Morgan fingerprint density at radius 3 is 2.37 bits per heavy atom. The summed E-state index contributed by atoms with van der Waals surface area (Å²) in [5, 5.41) is 10.3. The van der Waals surface area contributed by atoms with E-state index in [1.165, 1.54) is 63.4 Å². The van der Waals surface area contributed by atoms with Crippen molar-refractivity contribution in [2.75, 3.05) is 5.73 Å². The van der Waals surface area contributed by atoms with Crippen LogP contribution in [0.25, 0.3) is 0 Å². The van der Waals surface area contributed by atoms with Gasteiger partial charge in [0.15, 0.2) is 0 Å². The first-order valence-corrected chi connectivity index (χ1v) is 17.0. The number of rotatable bonds is 7. The van der Waals surface area contributed by atoms with Crippen LogP contribution >= 0.6 is 0 Å². The molecule has 5 fully saturated rings. The van der Waals surface area contributed by atoms with Gasteiger partial charge >= 0.3 is 5.97 Å². The number of hydrogen-bond acceptors (Lipinski definition) is 2. The fourth-order valence-corrected chi connectivity index (χ4v) is 12.8. The number of hydrogen-bond donors (Lipinski definition) is 2. The molecule has 0 heterocycles. The van der Waals surface area contributed by atoms with Crippen LogP contribution in [0.2, 0.25) is 0 Å². The quantitative estimate of drug-likeness (QED) is 0.258. The number of carboxylic acid groups (broad SMARTS) is 1. The molecule has 3 heteroatoms. The fraction of sp³-hybridized carbons (Fsp3) is 0.763. The van der Waals surface area contributed by atoms with E-state index < -0.39 is 5.97 Å². The third-order valence-electron chi connectivity index (χ3n) is 15.2. The highest BCUT2D eigenvalue weighted by molar-refractivity contribution is 5.91. The SMILES string of the molecule is C=C(CC[C@@H](C)[C@H]1CC[C@@]2(C)[C@@H]3CC[C@H]4C(C)(C)CCC(c5c(N)cccc5C(=O)O)[C@@]45C[C@@]35CC[C@]12C)C(C)C. The topological polar surface area (TPSA) is 63.3 Å². The Balaban J connectivity index is 1.37. The molecule has 0 bridgehead atoms. The molecule has 0 radical (unpaired) electrons. The van der Waals surface area contributed by atoms with Crippen molar-refractivity contribution in [2.45, 2.75) is 125 Å². The first kappa shape index (κ1) is 29.3. The first-order chi connectivity index (χ1) is 19.2. The van der Waals surface area contributed by atoms with Crippen LogP contribution in [0.15, 0.2) is 30.4 Å². The van der Waals surface area contributed by atoms with Crippen molar-refractivity contribution >= 4 is 11.7 Å². The van der Waals surface area contributed by atoms with E-state index in [0.717, 1.165) is 36.2 Å². The molecule has 0 amide bonds. The standard InChI is InChI=1S/C38H57NO2/c1-23(2)24(3)12-13-25(4)27-17-19-36(8)31-15-14-30-34(5,6)18-16-28(32-26(33(40)41)10-9-11-29(32)39)38(30)22-37(31,38)21-20-35(27,36)7/h9-11,23,25,27-28,30-31H,3,12-22,39H2,1-2,4-8H3,(H,40,41)/t25-,27-,28?,30+,31+,35-,36+,37+,38+/m1/s1. The van der Waals surface area contributed by atoms with Crippen molar-refractivity contribution in [1.29, 1.82) is 0 Å². The van der Waals surface area contributed by atoms with Crippen LogP contribution in [0.1, 0.15) is 141 Å². The lowest BCUT2D eigenvalue weighted by molar-refractivity contribution is -0.146. The van der Waals surface area contributed by atoms with Crippen molar-refractivity contribution in [2.24, 2.45) is 56.7 Å². The molecular weight excluding hydrogens is 502 g/mol. The van der Waals surface area contributed by atoms with Gasteiger partial charge in [-0.25, -0.2) is 4.79 Å². The second kappa shape index (κ2) is 9.36. The molecule has 6 rings (SSSR count). The van der Waals surface area contributed by atoms with Crippen LogP contribution in [-0.2, 0) is 0 Å². The number of carbonyl (C=O) groups is 1. The Labute approximate surface area is 250 Å². The van der Waals surface area contributed by atoms with E-state index in [2.05, 4.69) is 55.0 Å². The van der Waals surface area contributed by atoms with Crippen LogP contribution in [0, 0.1) is 56.7 Å². The normalized spacial score (nSPS) is 42.9. The zero-order chi connectivity index (χ0) is 29.8. The van der Waals surface area contributed by atoms with E-state index in [1.54, 1.807) is 0 Å². The Hall–Kier alpha value is -1.77. The summed E-state index contributed by atoms with van der Waals surface area (Å²) in [6.07, 6.45) is 14.0. The molecule has 226 valence electrons. The predicted octanol–water partition coefficient (Wildman–Crippen LogP) is 10.1. The van der Waals surface area contributed by atoms with Crippen molar-refractivity contribution < 1.29 is 9.90 Å².